The summed E-state index contributed by atoms with van der Waals surface area (Å²) in [5.74, 6) is 1.32. The number of nitrogens with zero attached hydrogens (tertiary/aromatic N) is 3. The second kappa shape index (κ2) is 7.86. The van der Waals surface area contributed by atoms with Gasteiger partial charge < -0.3 is 9.47 Å². The molecule has 0 radical (unpaired) electrons. The van der Waals surface area contributed by atoms with Crippen molar-refractivity contribution in [1.82, 2.24) is 14.7 Å². The highest BCUT2D eigenvalue weighted by Gasteiger charge is 2.34. The third-order valence-electron chi connectivity index (χ3n) is 5.04. The lowest BCUT2D eigenvalue weighted by Gasteiger charge is -2.18. The zero-order valence-corrected chi connectivity index (χ0v) is 18.6. The average molecular weight is 450 g/mol. The zero-order valence-electron chi connectivity index (χ0n) is 16.9. The first-order chi connectivity index (χ1) is 15.0. The molecular formula is C23H19N3O3S2. The molecule has 2 aliphatic heterocycles. The molecule has 1 fully saturated rings. The molecule has 1 saturated heterocycles. The van der Waals surface area contributed by atoms with E-state index in [1.807, 2.05) is 79.3 Å². The maximum absolute atomic E-state index is 12.9. The van der Waals surface area contributed by atoms with Crippen LogP contribution < -0.4 is 9.47 Å². The van der Waals surface area contributed by atoms with Crippen LogP contribution in [0.25, 0.3) is 23.0 Å². The van der Waals surface area contributed by atoms with Crippen LogP contribution in [0.5, 0.6) is 11.5 Å². The topological polar surface area (TPSA) is 56.6 Å². The van der Waals surface area contributed by atoms with Gasteiger partial charge in [-0.2, -0.15) is 5.10 Å². The summed E-state index contributed by atoms with van der Waals surface area (Å²) in [6.45, 7) is 4.13. The normalized spacial score (nSPS) is 16.7. The lowest BCUT2D eigenvalue weighted by atomic mass is 10.1. The summed E-state index contributed by atoms with van der Waals surface area (Å²) < 4.78 is 13.4. The third kappa shape index (κ3) is 3.62. The predicted molar refractivity (Wildman–Crippen MR) is 125 cm³/mol. The molecule has 2 aliphatic rings. The number of ether oxygens (including phenoxy) is 2. The van der Waals surface area contributed by atoms with Crippen molar-refractivity contribution in [3.63, 3.8) is 0 Å². The first-order valence-corrected chi connectivity index (χ1v) is 11.1. The maximum Gasteiger partial charge on any atom is 0.266 e. The van der Waals surface area contributed by atoms with Crippen molar-refractivity contribution < 1.29 is 14.3 Å². The summed E-state index contributed by atoms with van der Waals surface area (Å²) in [6, 6.07) is 15.6. The lowest BCUT2D eigenvalue weighted by molar-refractivity contribution is -0.123. The third-order valence-corrected chi connectivity index (χ3v) is 6.37. The molecule has 0 spiro atoms. The Morgan fingerprint density at radius 3 is 2.65 bits per heavy atom. The van der Waals surface area contributed by atoms with E-state index in [0.29, 0.717) is 20.7 Å². The smallest absolute Gasteiger partial charge is 0.266 e. The van der Waals surface area contributed by atoms with Crippen LogP contribution in [0.15, 0.2) is 59.6 Å². The maximum atomic E-state index is 12.9. The molecule has 1 amide bonds. The van der Waals surface area contributed by atoms with E-state index >= 15 is 0 Å². The Labute approximate surface area is 189 Å². The summed E-state index contributed by atoms with van der Waals surface area (Å²) in [4.78, 5) is 15.2. The Bertz CT molecular complexity index is 1220. The largest absolute Gasteiger partial charge is 0.454 e. The summed E-state index contributed by atoms with van der Waals surface area (Å²) in [5.41, 5.74) is 3.38. The van der Waals surface area contributed by atoms with Crippen LogP contribution in [-0.4, -0.2) is 37.7 Å². The fourth-order valence-corrected chi connectivity index (χ4v) is 5.06. The van der Waals surface area contributed by atoms with Gasteiger partial charge in [0.05, 0.1) is 10.6 Å². The number of carbonyl (C=O) groups excluding carboxylic acids is 1. The minimum absolute atomic E-state index is 0.0128. The highest BCUT2D eigenvalue weighted by molar-refractivity contribution is 8.26. The molecule has 31 heavy (non-hydrogen) atoms. The van der Waals surface area contributed by atoms with Gasteiger partial charge in [0.2, 0.25) is 6.79 Å². The summed E-state index contributed by atoms with van der Waals surface area (Å²) in [7, 11) is 0. The molecule has 0 unspecified atom stereocenters. The molecule has 3 aromatic rings. The van der Waals surface area contributed by atoms with Crippen LogP contribution in [0.1, 0.15) is 19.4 Å². The molecule has 3 heterocycles. The number of fused-ring (bicyclic) bond motifs is 1. The minimum Gasteiger partial charge on any atom is -0.454 e. The van der Waals surface area contributed by atoms with Gasteiger partial charge in [-0.15, -0.1) is 0 Å². The summed E-state index contributed by atoms with van der Waals surface area (Å²) >= 11 is 6.75. The number of aromatic nitrogens is 2. The van der Waals surface area contributed by atoms with Crippen molar-refractivity contribution >= 4 is 40.3 Å². The van der Waals surface area contributed by atoms with Gasteiger partial charge in [-0.25, -0.2) is 4.68 Å². The first-order valence-electron chi connectivity index (χ1n) is 9.83. The van der Waals surface area contributed by atoms with E-state index in [4.69, 9.17) is 26.8 Å². The number of thioether (sulfide) groups is 1. The number of thiocarbonyl (C=S) groups is 1. The quantitative estimate of drug-likeness (QED) is 0.418. The Morgan fingerprint density at radius 1 is 1.13 bits per heavy atom. The number of rotatable bonds is 4. The van der Waals surface area contributed by atoms with E-state index in [-0.39, 0.29) is 18.7 Å². The second-order valence-corrected chi connectivity index (χ2v) is 9.10. The minimum atomic E-state index is -0.0749. The number of para-hydroxylation sites is 1. The van der Waals surface area contributed by atoms with Crippen LogP contribution in [-0.2, 0) is 4.79 Å². The van der Waals surface area contributed by atoms with E-state index < -0.39 is 0 Å². The van der Waals surface area contributed by atoms with Gasteiger partial charge in [-0.05, 0) is 50.3 Å². The summed E-state index contributed by atoms with van der Waals surface area (Å²) in [6.07, 6.45) is 3.80. The van der Waals surface area contributed by atoms with E-state index in [1.165, 1.54) is 11.8 Å². The van der Waals surface area contributed by atoms with Crippen molar-refractivity contribution in [3.05, 3.63) is 65.2 Å². The van der Waals surface area contributed by atoms with Crippen molar-refractivity contribution in [2.75, 3.05) is 6.79 Å². The zero-order chi connectivity index (χ0) is 21.5. The van der Waals surface area contributed by atoms with Gasteiger partial charge in [0, 0.05) is 23.4 Å². The van der Waals surface area contributed by atoms with Gasteiger partial charge in [0.25, 0.3) is 5.91 Å². The van der Waals surface area contributed by atoms with Crippen molar-refractivity contribution in [1.29, 1.82) is 0 Å². The molecule has 0 bridgehead atoms. The fourth-order valence-electron chi connectivity index (χ4n) is 3.54. The van der Waals surface area contributed by atoms with Crippen LogP contribution in [0.3, 0.4) is 0 Å². The number of hydrogen-bond donors (Lipinski definition) is 0. The lowest BCUT2D eigenvalue weighted by Crippen LogP contribution is -2.34. The molecule has 6 nitrogen and oxygen atoms in total. The van der Waals surface area contributed by atoms with Crippen LogP contribution in [0.4, 0.5) is 0 Å². The van der Waals surface area contributed by atoms with E-state index in [9.17, 15) is 4.79 Å². The highest BCUT2D eigenvalue weighted by Crippen LogP contribution is 2.39. The molecule has 0 saturated carbocycles. The highest BCUT2D eigenvalue weighted by atomic mass is 32.2. The van der Waals surface area contributed by atoms with E-state index in [1.54, 1.807) is 4.90 Å². The van der Waals surface area contributed by atoms with Crippen LogP contribution in [0, 0.1) is 0 Å². The number of hydrogen-bond acceptors (Lipinski definition) is 6. The van der Waals surface area contributed by atoms with Crippen LogP contribution in [0.2, 0.25) is 0 Å². The van der Waals surface area contributed by atoms with Crippen molar-refractivity contribution in [3.8, 4) is 28.4 Å². The second-order valence-electron chi connectivity index (χ2n) is 7.43. The summed E-state index contributed by atoms with van der Waals surface area (Å²) in [5, 5.41) is 4.83. The molecule has 8 heteroatoms. The standard InChI is InChI=1S/C23H19N3O3S2/c1-14(2)26-22(27)20(31-23(26)30)11-16-12-25(17-6-4-3-5-7-17)24-21(16)15-8-9-18-19(10-15)29-13-28-18/h3-12,14H,13H2,1-2H3/b20-11-. The Balaban J connectivity index is 1.62. The number of benzene rings is 2. The molecule has 0 atom stereocenters. The Hall–Kier alpha value is -3.10. The fraction of sp³-hybridized carbons (Fsp3) is 0.174. The van der Waals surface area contributed by atoms with Crippen molar-refractivity contribution in [2.24, 2.45) is 0 Å². The molecule has 5 rings (SSSR count). The monoisotopic (exact) mass is 449 g/mol. The average Bonchev–Trinajstić information content (AvgIpc) is 3.46. The van der Waals surface area contributed by atoms with Gasteiger partial charge in [-0.1, -0.05) is 42.2 Å². The first kappa shape index (κ1) is 19.8. The molecular weight excluding hydrogens is 430 g/mol. The van der Waals surface area contributed by atoms with Crippen molar-refractivity contribution in [2.45, 2.75) is 19.9 Å². The molecule has 156 valence electrons. The van der Waals surface area contributed by atoms with Gasteiger partial charge in [0.15, 0.2) is 11.5 Å². The number of amides is 1. The molecule has 2 aromatic carbocycles. The molecule has 0 aliphatic carbocycles. The molecule has 1 aromatic heterocycles. The van der Waals surface area contributed by atoms with Gasteiger partial charge in [-0.3, -0.25) is 9.69 Å². The predicted octanol–water partition coefficient (Wildman–Crippen LogP) is 4.88. The van der Waals surface area contributed by atoms with E-state index in [0.717, 1.165) is 22.5 Å². The van der Waals surface area contributed by atoms with E-state index in [2.05, 4.69) is 0 Å². The Kier molecular flexibility index (Phi) is 5.03. The number of carbonyl (C=O) groups is 1. The SMILES string of the molecule is CC(C)N1C(=O)/C(=C/c2cn(-c3ccccc3)nc2-c2ccc3c(c2)OCO3)SC1=S. The molecule has 0 N–H and O–H groups in total. The van der Waals surface area contributed by atoms with Crippen LogP contribution >= 0.6 is 24.0 Å². The Morgan fingerprint density at radius 2 is 1.90 bits per heavy atom. The van der Waals surface area contributed by atoms with Gasteiger partial charge in [0.1, 0.15) is 10.0 Å². The van der Waals surface area contributed by atoms with Gasteiger partial charge >= 0.3 is 0 Å².